The third kappa shape index (κ3) is 3.56. The smallest absolute Gasteiger partial charge is 0.305 e. The fourth-order valence-electron chi connectivity index (χ4n) is 1.79. The highest BCUT2D eigenvalue weighted by Gasteiger charge is 2.15. The van der Waals surface area contributed by atoms with Crippen molar-refractivity contribution in [1.29, 1.82) is 0 Å². The zero-order chi connectivity index (χ0) is 13.7. The molecule has 0 spiro atoms. The maximum atomic E-state index is 10.7. The van der Waals surface area contributed by atoms with Gasteiger partial charge in [0.2, 0.25) is 0 Å². The van der Waals surface area contributed by atoms with Crippen LogP contribution < -0.4 is 10.5 Å². The topological polar surface area (TPSA) is 72.6 Å². The molecule has 0 aliphatic heterocycles. The monoisotopic (exact) mass is 257 g/mol. The van der Waals surface area contributed by atoms with Crippen molar-refractivity contribution in [2.75, 3.05) is 0 Å². The number of aliphatic carboxylic acids is 1. The van der Waals surface area contributed by atoms with Gasteiger partial charge in [0.15, 0.2) is 0 Å². The molecule has 0 amide bonds. The van der Waals surface area contributed by atoms with Gasteiger partial charge in [0.1, 0.15) is 11.5 Å². The standard InChI is InChI=1S/C15H15NO3/c16-13(10-15(17)18)12-8-4-5-9-14(12)19-11-6-2-1-3-7-11/h1-9,13H,10,16H2,(H,17,18)/t13-/m0/s1. The van der Waals surface area contributed by atoms with Crippen LogP contribution in [-0.2, 0) is 4.79 Å². The highest BCUT2D eigenvalue weighted by atomic mass is 16.5. The molecule has 0 fully saturated rings. The first-order valence-electron chi connectivity index (χ1n) is 5.96. The average molecular weight is 257 g/mol. The molecule has 0 saturated heterocycles. The maximum absolute atomic E-state index is 10.7. The summed E-state index contributed by atoms with van der Waals surface area (Å²) in [5.41, 5.74) is 6.58. The first-order valence-corrected chi connectivity index (χ1v) is 5.96. The van der Waals surface area contributed by atoms with E-state index in [1.54, 1.807) is 12.1 Å². The molecule has 3 N–H and O–H groups in total. The Morgan fingerprint density at radius 2 is 1.74 bits per heavy atom. The summed E-state index contributed by atoms with van der Waals surface area (Å²) >= 11 is 0. The van der Waals surface area contributed by atoms with Crippen LogP contribution in [0, 0.1) is 0 Å². The van der Waals surface area contributed by atoms with Crippen LogP contribution in [0.1, 0.15) is 18.0 Å². The second kappa shape index (κ2) is 6.02. The van der Waals surface area contributed by atoms with E-state index in [1.807, 2.05) is 42.5 Å². The molecule has 0 aliphatic carbocycles. The zero-order valence-electron chi connectivity index (χ0n) is 10.3. The summed E-state index contributed by atoms with van der Waals surface area (Å²) in [5.74, 6) is 0.349. The minimum atomic E-state index is -0.929. The van der Waals surface area contributed by atoms with Gasteiger partial charge in [-0.05, 0) is 18.2 Å². The second-order valence-electron chi connectivity index (χ2n) is 4.16. The van der Waals surface area contributed by atoms with Crippen molar-refractivity contribution < 1.29 is 14.6 Å². The number of nitrogens with two attached hydrogens (primary N) is 1. The lowest BCUT2D eigenvalue weighted by Crippen LogP contribution is -2.15. The summed E-state index contributed by atoms with van der Waals surface area (Å²) in [7, 11) is 0. The predicted octanol–water partition coefficient (Wildman–Crippen LogP) is 2.95. The third-order valence-corrected chi connectivity index (χ3v) is 2.68. The maximum Gasteiger partial charge on any atom is 0.305 e. The number of benzene rings is 2. The summed E-state index contributed by atoms with van der Waals surface area (Å²) in [6.45, 7) is 0. The van der Waals surface area contributed by atoms with E-state index in [1.165, 1.54) is 0 Å². The van der Waals surface area contributed by atoms with Crippen molar-refractivity contribution >= 4 is 5.97 Å². The van der Waals surface area contributed by atoms with Gasteiger partial charge in [0.05, 0.1) is 6.42 Å². The average Bonchev–Trinajstić information content (AvgIpc) is 2.39. The number of carbonyl (C=O) groups is 1. The number of para-hydroxylation sites is 2. The second-order valence-corrected chi connectivity index (χ2v) is 4.16. The van der Waals surface area contributed by atoms with E-state index in [0.29, 0.717) is 17.1 Å². The molecule has 0 aromatic heterocycles. The van der Waals surface area contributed by atoms with Gasteiger partial charge in [-0.1, -0.05) is 36.4 Å². The van der Waals surface area contributed by atoms with Gasteiger partial charge in [-0.25, -0.2) is 0 Å². The predicted molar refractivity (Wildman–Crippen MR) is 72.1 cm³/mol. The van der Waals surface area contributed by atoms with E-state index < -0.39 is 12.0 Å². The number of hydrogen-bond donors (Lipinski definition) is 2. The lowest BCUT2D eigenvalue weighted by atomic mass is 10.0. The molecule has 1 atom stereocenters. The number of rotatable bonds is 5. The van der Waals surface area contributed by atoms with E-state index in [9.17, 15) is 4.79 Å². The molecule has 2 aromatic carbocycles. The quantitative estimate of drug-likeness (QED) is 0.863. The molecule has 4 heteroatoms. The summed E-state index contributed by atoms with van der Waals surface area (Å²) in [6, 6.07) is 15.9. The lowest BCUT2D eigenvalue weighted by Gasteiger charge is -2.15. The van der Waals surface area contributed by atoms with Crippen LogP contribution in [0.4, 0.5) is 0 Å². The van der Waals surface area contributed by atoms with E-state index in [2.05, 4.69) is 0 Å². The molecular weight excluding hydrogens is 242 g/mol. The molecule has 98 valence electrons. The van der Waals surface area contributed by atoms with Crippen molar-refractivity contribution in [3.05, 3.63) is 60.2 Å². The first kappa shape index (κ1) is 13.1. The molecule has 0 radical (unpaired) electrons. The molecule has 0 heterocycles. The summed E-state index contributed by atoms with van der Waals surface area (Å²) in [4.78, 5) is 10.7. The fourth-order valence-corrected chi connectivity index (χ4v) is 1.79. The minimum absolute atomic E-state index is 0.130. The van der Waals surface area contributed by atoms with Crippen LogP contribution in [0.25, 0.3) is 0 Å². The normalized spacial score (nSPS) is 11.8. The molecule has 2 aromatic rings. The van der Waals surface area contributed by atoms with Gasteiger partial charge < -0.3 is 15.6 Å². The molecule has 4 nitrogen and oxygen atoms in total. The molecular formula is C15H15NO3. The van der Waals surface area contributed by atoms with Gasteiger partial charge in [0, 0.05) is 11.6 Å². The van der Waals surface area contributed by atoms with E-state index >= 15 is 0 Å². The Bertz CT molecular complexity index is 554. The van der Waals surface area contributed by atoms with Crippen LogP contribution in [-0.4, -0.2) is 11.1 Å². The Balaban J connectivity index is 2.23. The summed E-state index contributed by atoms with van der Waals surface area (Å²) in [5, 5.41) is 8.81. The van der Waals surface area contributed by atoms with Gasteiger partial charge >= 0.3 is 5.97 Å². The van der Waals surface area contributed by atoms with Crippen LogP contribution in [0.5, 0.6) is 11.5 Å². The molecule has 19 heavy (non-hydrogen) atoms. The van der Waals surface area contributed by atoms with Gasteiger partial charge in [0.25, 0.3) is 0 Å². The van der Waals surface area contributed by atoms with Crippen molar-refractivity contribution in [2.24, 2.45) is 5.73 Å². The Labute approximate surface area is 111 Å². The molecule has 2 rings (SSSR count). The highest BCUT2D eigenvalue weighted by Crippen LogP contribution is 2.29. The molecule has 0 aliphatic rings. The van der Waals surface area contributed by atoms with Crippen molar-refractivity contribution in [3.8, 4) is 11.5 Å². The highest BCUT2D eigenvalue weighted by molar-refractivity contribution is 5.68. The Kier molecular flexibility index (Phi) is 4.15. The molecule has 0 saturated carbocycles. The van der Waals surface area contributed by atoms with Crippen LogP contribution in [0.2, 0.25) is 0 Å². The number of hydrogen-bond acceptors (Lipinski definition) is 3. The van der Waals surface area contributed by atoms with Gasteiger partial charge in [-0.2, -0.15) is 0 Å². The van der Waals surface area contributed by atoms with E-state index in [4.69, 9.17) is 15.6 Å². The van der Waals surface area contributed by atoms with Crippen LogP contribution >= 0.6 is 0 Å². The SMILES string of the molecule is N[C@@H](CC(=O)O)c1ccccc1Oc1ccccc1. The fraction of sp³-hybridized carbons (Fsp3) is 0.133. The Hall–Kier alpha value is -2.33. The van der Waals surface area contributed by atoms with Gasteiger partial charge in [-0.3, -0.25) is 4.79 Å². The number of carboxylic acid groups (broad SMARTS) is 1. The Morgan fingerprint density at radius 3 is 2.42 bits per heavy atom. The summed E-state index contributed by atoms with van der Waals surface area (Å²) < 4.78 is 5.74. The van der Waals surface area contributed by atoms with Crippen molar-refractivity contribution in [3.63, 3.8) is 0 Å². The molecule has 0 unspecified atom stereocenters. The number of carboxylic acids is 1. The van der Waals surface area contributed by atoms with Crippen molar-refractivity contribution in [2.45, 2.75) is 12.5 Å². The van der Waals surface area contributed by atoms with Gasteiger partial charge in [-0.15, -0.1) is 0 Å². The van der Waals surface area contributed by atoms with E-state index in [-0.39, 0.29) is 6.42 Å². The molecule has 0 bridgehead atoms. The zero-order valence-corrected chi connectivity index (χ0v) is 10.3. The first-order chi connectivity index (χ1) is 9.16. The summed E-state index contributed by atoms with van der Waals surface area (Å²) in [6.07, 6.45) is -0.130. The minimum Gasteiger partial charge on any atom is -0.481 e. The third-order valence-electron chi connectivity index (χ3n) is 2.68. The Morgan fingerprint density at radius 1 is 1.11 bits per heavy atom. The van der Waals surface area contributed by atoms with E-state index in [0.717, 1.165) is 0 Å². The number of ether oxygens (including phenoxy) is 1. The largest absolute Gasteiger partial charge is 0.481 e. The lowest BCUT2D eigenvalue weighted by molar-refractivity contribution is -0.137. The van der Waals surface area contributed by atoms with Crippen molar-refractivity contribution in [1.82, 2.24) is 0 Å². The van der Waals surface area contributed by atoms with Crippen LogP contribution in [0.15, 0.2) is 54.6 Å². The van der Waals surface area contributed by atoms with Crippen LogP contribution in [0.3, 0.4) is 0 Å².